The lowest BCUT2D eigenvalue weighted by molar-refractivity contribution is -0.126. The predicted molar refractivity (Wildman–Crippen MR) is 105 cm³/mol. The van der Waals surface area contributed by atoms with Gasteiger partial charge in [-0.15, -0.1) is 0 Å². The van der Waals surface area contributed by atoms with Gasteiger partial charge in [0.05, 0.1) is 17.6 Å². The topological polar surface area (TPSA) is 69.6 Å². The van der Waals surface area contributed by atoms with E-state index in [1.807, 2.05) is 19.1 Å². The summed E-state index contributed by atoms with van der Waals surface area (Å²) in [6.07, 6.45) is 1.77. The Kier molecular flexibility index (Phi) is 6.41. The van der Waals surface area contributed by atoms with Crippen LogP contribution in [0, 0.1) is 0 Å². The lowest BCUT2D eigenvalue weighted by Crippen LogP contribution is -2.43. The summed E-state index contributed by atoms with van der Waals surface area (Å²) in [5.41, 5.74) is 2.81. The van der Waals surface area contributed by atoms with E-state index in [1.165, 1.54) is 0 Å². The monoisotopic (exact) mass is 384 g/mol. The number of rotatable bonds is 7. The fraction of sp³-hybridized carbons (Fsp3) is 0.364. The first kappa shape index (κ1) is 20.0. The number of hydrogen-bond donors (Lipinski definition) is 2. The van der Waals surface area contributed by atoms with Crippen molar-refractivity contribution >= 4 is 11.9 Å². The predicted octanol–water partition coefficient (Wildman–Crippen LogP) is 3.70. The second-order valence-electron chi connectivity index (χ2n) is 7.24. The van der Waals surface area contributed by atoms with E-state index < -0.39 is 12.6 Å². The maximum absolute atomic E-state index is 12.8. The van der Waals surface area contributed by atoms with Crippen molar-refractivity contribution in [3.05, 3.63) is 70.8 Å². The lowest BCUT2D eigenvalue weighted by atomic mass is 10.1. The van der Waals surface area contributed by atoms with E-state index in [0.717, 1.165) is 30.5 Å². The van der Waals surface area contributed by atoms with Crippen LogP contribution in [0.1, 0.15) is 52.9 Å². The third-order valence-corrected chi connectivity index (χ3v) is 5.25. The molecule has 0 unspecified atom stereocenters. The van der Waals surface area contributed by atoms with Gasteiger partial charge in [-0.3, -0.25) is 9.69 Å². The molecule has 1 amide bonds. The molecule has 3 rings (SSSR count). The Bertz CT molecular complexity index is 821. The fourth-order valence-electron chi connectivity index (χ4n) is 3.59. The second-order valence-corrected chi connectivity index (χ2v) is 7.24. The normalized spacial score (nSPS) is 18.0. The van der Waals surface area contributed by atoms with Crippen LogP contribution in [0.3, 0.4) is 0 Å². The van der Waals surface area contributed by atoms with Crippen molar-refractivity contribution in [2.75, 3.05) is 6.54 Å². The van der Waals surface area contributed by atoms with Crippen LogP contribution >= 0.6 is 0 Å². The van der Waals surface area contributed by atoms with Crippen molar-refractivity contribution in [3.63, 3.8) is 0 Å². The van der Waals surface area contributed by atoms with Crippen molar-refractivity contribution in [2.45, 2.75) is 45.1 Å². The quantitative estimate of drug-likeness (QED) is 0.764. The number of carbonyl (C=O) groups is 2. The van der Waals surface area contributed by atoms with E-state index in [4.69, 9.17) is 5.11 Å². The maximum Gasteiger partial charge on any atom is 0.335 e. The number of nitrogens with zero attached hydrogens (tertiary/aromatic N) is 1. The molecule has 148 valence electrons. The molecule has 1 heterocycles. The summed E-state index contributed by atoms with van der Waals surface area (Å²) in [5.74, 6) is -0.989. The number of halogens is 1. The van der Waals surface area contributed by atoms with Gasteiger partial charge in [-0.2, -0.15) is 0 Å². The number of likely N-dealkylation sites (tertiary alicyclic amines) is 1. The van der Waals surface area contributed by atoms with Gasteiger partial charge in [0.2, 0.25) is 5.91 Å². The van der Waals surface area contributed by atoms with Gasteiger partial charge in [0.1, 0.15) is 6.67 Å². The molecule has 1 fully saturated rings. The molecule has 0 spiro atoms. The number of hydrogen-bond acceptors (Lipinski definition) is 3. The van der Waals surface area contributed by atoms with E-state index in [-0.39, 0.29) is 23.6 Å². The van der Waals surface area contributed by atoms with Gasteiger partial charge in [0, 0.05) is 6.54 Å². The van der Waals surface area contributed by atoms with E-state index in [1.54, 1.807) is 36.4 Å². The van der Waals surface area contributed by atoms with Gasteiger partial charge in [-0.1, -0.05) is 36.4 Å². The summed E-state index contributed by atoms with van der Waals surface area (Å²) in [7, 11) is 0. The van der Waals surface area contributed by atoms with Gasteiger partial charge in [-0.05, 0) is 55.1 Å². The van der Waals surface area contributed by atoms with Crippen LogP contribution in [0.5, 0.6) is 0 Å². The van der Waals surface area contributed by atoms with Crippen molar-refractivity contribution in [1.82, 2.24) is 10.2 Å². The molecule has 2 aromatic rings. The van der Waals surface area contributed by atoms with Crippen molar-refractivity contribution in [1.29, 1.82) is 0 Å². The molecule has 0 saturated carbocycles. The first-order valence-electron chi connectivity index (χ1n) is 9.49. The Balaban J connectivity index is 1.61. The minimum Gasteiger partial charge on any atom is -0.478 e. The molecule has 0 aromatic heterocycles. The second kappa shape index (κ2) is 8.97. The summed E-state index contributed by atoms with van der Waals surface area (Å²) in [4.78, 5) is 25.9. The van der Waals surface area contributed by atoms with Gasteiger partial charge >= 0.3 is 5.97 Å². The van der Waals surface area contributed by atoms with Gasteiger partial charge in [-0.25, -0.2) is 9.18 Å². The highest BCUT2D eigenvalue weighted by molar-refractivity contribution is 5.87. The van der Waals surface area contributed by atoms with Crippen LogP contribution < -0.4 is 5.32 Å². The average Bonchev–Trinajstić information content (AvgIpc) is 3.17. The standard InChI is InChI=1S/C22H25FN2O3/c1-15(18-8-10-19(11-9-18)22(27)28)24-21(26)20-3-2-12-25(20)14-17-6-4-16(13-23)5-7-17/h4-11,15,20H,2-3,12-14H2,1H3,(H,24,26)(H,27,28)/t15-,20+/m0/s1. The lowest BCUT2D eigenvalue weighted by Gasteiger charge is -2.25. The SMILES string of the molecule is C[C@H](NC(=O)[C@H]1CCCN1Cc1ccc(CF)cc1)c1ccc(C(=O)O)cc1. The third kappa shape index (κ3) is 4.75. The molecule has 2 aromatic carbocycles. The minimum absolute atomic E-state index is 0.0207. The van der Waals surface area contributed by atoms with E-state index >= 15 is 0 Å². The fourth-order valence-corrected chi connectivity index (χ4v) is 3.59. The van der Waals surface area contributed by atoms with Crippen LogP contribution in [0.4, 0.5) is 4.39 Å². The number of amides is 1. The highest BCUT2D eigenvalue weighted by Gasteiger charge is 2.31. The molecule has 0 aliphatic carbocycles. The van der Waals surface area contributed by atoms with Crippen molar-refractivity contribution in [2.24, 2.45) is 0 Å². The van der Waals surface area contributed by atoms with Crippen molar-refractivity contribution in [3.8, 4) is 0 Å². The van der Waals surface area contributed by atoms with E-state index in [9.17, 15) is 14.0 Å². The Morgan fingerprint density at radius 2 is 1.79 bits per heavy atom. The van der Waals surface area contributed by atoms with Gasteiger partial charge in [0.15, 0.2) is 0 Å². The summed E-state index contributed by atoms with van der Waals surface area (Å²) >= 11 is 0. The molecule has 1 aliphatic heterocycles. The van der Waals surface area contributed by atoms with Crippen LogP contribution in [0.25, 0.3) is 0 Å². The number of carboxylic acid groups (broad SMARTS) is 1. The number of benzene rings is 2. The maximum atomic E-state index is 12.8. The third-order valence-electron chi connectivity index (χ3n) is 5.25. The zero-order valence-corrected chi connectivity index (χ0v) is 15.9. The van der Waals surface area contributed by atoms with Crippen LogP contribution in [0.2, 0.25) is 0 Å². The Hall–Kier alpha value is -2.73. The van der Waals surface area contributed by atoms with Crippen LogP contribution in [-0.2, 0) is 18.0 Å². The Morgan fingerprint density at radius 3 is 2.39 bits per heavy atom. The number of aromatic carboxylic acids is 1. The van der Waals surface area contributed by atoms with Gasteiger partial charge in [0.25, 0.3) is 0 Å². The summed E-state index contributed by atoms with van der Waals surface area (Å²) in [5, 5.41) is 12.0. The number of carbonyl (C=O) groups excluding carboxylic acids is 1. The molecule has 2 N–H and O–H groups in total. The zero-order valence-electron chi connectivity index (χ0n) is 15.9. The van der Waals surface area contributed by atoms with Crippen LogP contribution in [-0.4, -0.2) is 34.5 Å². The molecule has 1 aliphatic rings. The number of alkyl halides is 1. The Labute approximate surface area is 164 Å². The zero-order chi connectivity index (χ0) is 20.1. The van der Waals surface area contributed by atoms with Crippen LogP contribution in [0.15, 0.2) is 48.5 Å². The molecular formula is C22H25FN2O3. The summed E-state index contributed by atoms with van der Waals surface area (Å²) in [6.45, 7) is 2.93. The largest absolute Gasteiger partial charge is 0.478 e. The summed E-state index contributed by atoms with van der Waals surface area (Å²) in [6, 6.07) is 13.5. The highest BCUT2D eigenvalue weighted by atomic mass is 19.1. The molecule has 1 saturated heterocycles. The molecular weight excluding hydrogens is 359 g/mol. The smallest absolute Gasteiger partial charge is 0.335 e. The molecule has 0 bridgehead atoms. The Morgan fingerprint density at radius 1 is 1.14 bits per heavy atom. The first-order chi connectivity index (χ1) is 13.5. The first-order valence-corrected chi connectivity index (χ1v) is 9.49. The minimum atomic E-state index is -0.968. The summed E-state index contributed by atoms with van der Waals surface area (Å²) < 4.78 is 12.7. The molecule has 6 heteroatoms. The van der Waals surface area contributed by atoms with E-state index in [0.29, 0.717) is 12.1 Å². The molecule has 28 heavy (non-hydrogen) atoms. The molecule has 5 nitrogen and oxygen atoms in total. The highest BCUT2D eigenvalue weighted by Crippen LogP contribution is 2.22. The van der Waals surface area contributed by atoms with E-state index in [2.05, 4.69) is 10.2 Å². The van der Waals surface area contributed by atoms with Crippen molar-refractivity contribution < 1.29 is 19.1 Å². The number of nitrogens with one attached hydrogen (secondary N) is 1. The number of carboxylic acids is 1. The van der Waals surface area contributed by atoms with Gasteiger partial charge < -0.3 is 10.4 Å². The molecule has 2 atom stereocenters. The average molecular weight is 384 g/mol. The molecule has 0 radical (unpaired) electrons.